The second-order valence-corrected chi connectivity index (χ2v) is 6.93. The van der Waals surface area contributed by atoms with Crippen LogP contribution in [0.15, 0.2) is 34.7 Å². The lowest BCUT2D eigenvalue weighted by atomic mass is 10.1. The van der Waals surface area contributed by atoms with Crippen LogP contribution < -0.4 is 5.32 Å². The molecule has 1 amide bonds. The molecule has 4 rings (SSSR count). The third kappa shape index (κ3) is 3.79. The molecule has 8 heteroatoms. The number of benzene rings is 1. The van der Waals surface area contributed by atoms with Crippen LogP contribution in [0.25, 0.3) is 11.0 Å². The van der Waals surface area contributed by atoms with Gasteiger partial charge in [0.25, 0.3) is 5.91 Å². The van der Waals surface area contributed by atoms with Crippen molar-refractivity contribution in [3.8, 4) is 0 Å². The van der Waals surface area contributed by atoms with E-state index in [2.05, 4.69) is 20.5 Å². The molecule has 0 spiro atoms. The Labute approximate surface area is 163 Å². The fraction of sp³-hybridized carbons (Fsp3) is 0.450. The molecule has 1 aromatic carbocycles. The fourth-order valence-corrected chi connectivity index (χ4v) is 3.57. The molecular formula is C20H25N5O3. The van der Waals surface area contributed by atoms with Gasteiger partial charge in [-0.3, -0.25) is 9.69 Å². The molecule has 148 valence electrons. The van der Waals surface area contributed by atoms with Crippen LogP contribution in [0.2, 0.25) is 0 Å². The van der Waals surface area contributed by atoms with Gasteiger partial charge < -0.3 is 14.5 Å². The van der Waals surface area contributed by atoms with Crippen LogP contribution >= 0.6 is 0 Å². The first kappa shape index (κ1) is 18.6. The van der Waals surface area contributed by atoms with Gasteiger partial charge in [0, 0.05) is 31.7 Å². The van der Waals surface area contributed by atoms with Crippen LogP contribution in [0.5, 0.6) is 0 Å². The van der Waals surface area contributed by atoms with Crippen molar-refractivity contribution in [3.63, 3.8) is 0 Å². The molecular weight excluding hydrogens is 358 g/mol. The molecule has 1 aliphatic rings. The van der Waals surface area contributed by atoms with E-state index in [1.165, 1.54) is 0 Å². The molecule has 0 unspecified atom stereocenters. The van der Waals surface area contributed by atoms with Crippen molar-refractivity contribution in [2.45, 2.75) is 26.4 Å². The SMILES string of the molecule is CCn1nnc2cc(C(=O)NC[C@@H](c3ccc(C)o3)N3CCOCC3)ccc21. The summed E-state index contributed by atoms with van der Waals surface area (Å²) < 4.78 is 13.1. The number of aryl methyl sites for hydroxylation is 2. The molecule has 1 aliphatic heterocycles. The summed E-state index contributed by atoms with van der Waals surface area (Å²) in [7, 11) is 0. The molecule has 3 heterocycles. The number of nitrogens with one attached hydrogen (secondary N) is 1. The standard InChI is InChI=1S/C20H25N5O3/c1-3-25-17-6-5-15(12-16(17)22-23-25)20(26)21-13-18(19-7-4-14(2)28-19)24-8-10-27-11-9-24/h4-7,12,18H,3,8-11,13H2,1-2H3,(H,21,26)/t18-/m0/s1. The van der Waals surface area contributed by atoms with E-state index in [1.807, 2.05) is 42.8 Å². The minimum Gasteiger partial charge on any atom is -0.465 e. The molecule has 1 saturated heterocycles. The average molecular weight is 383 g/mol. The van der Waals surface area contributed by atoms with Gasteiger partial charge in [-0.25, -0.2) is 4.68 Å². The van der Waals surface area contributed by atoms with Crippen molar-refractivity contribution in [1.82, 2.24) is 25.2 Å². The summed E-state index contributed by atoms with van der Waals surface area (Å²) in [6, 6.07) is 9.40. The minimum atomic E-state index is -0.130. The molecule has 1 atom stereocenters. The Morgan fingerprint density at radius 3 is 2.79 bits per heavy atom. The predicted molar refractivity (Wildman–Crippen MR) is 104 cm³/mol. The van der Waals surface area contributed by atoms with E-state index < -0.39 is 0 Å². The number of nitrogens with zero attached hydrogens (tertiary/aromatic N) is 4. The molecule has 0 saturated carbocycles. The van der Waals surface area contributed by atoms with Gasteiger partial charge in [0.15, 0.2) is 0 Å². The highest BCUT2D eigenvalue weighted by Gasteiger charge is 2.26. The normalized spacial score (nSPS) is 16.4. The predicted octanol–water partition coefficient (Wildman–Crippen LogP) is 2.16. The maximum atomic E-state index is 12.7. The Morgan fingerprint density at radius 1 is 1.25 bits per heavy atom. The molecule has 0 bridgehead atoms. The summed E-state index contributed by atoms with van der Waals surface area (Å²) in [5.74, 6) is 1.60. The Morgan fingerprint density at radius 2 is 2.07 bits per heavy atom. The summed E-state index contributed by atoms with van der Waals surface area (Å²) in [5, 5.41) is 11.3. The highest BCUT2D eigenvalue weighted by Crippen LogP contribution is 2.23. The quantitative estimate of drug-likeness (QED) is 0.702. The van der Waals surface area contributed by atoms with E-state index in [0.29, 0.717) is 25.3 Å². The van der Waals surface area contributed by atoms with Crippen molar-refractivity contribution in [1.29, 1.82) is 0 Å². The van der Waals surface area contributed by atoms with Crippen molar-refractivity contribution >= 4 is 16.9 Å². The molecule has 0 aliphatic carbocycles. The summed E-state index contributed by atoms with van der Waals surface area (Å²) >= 11 is 0. The number of amides is 1. The number of carbonyl (C=O) groups is 1. The Hall–Kier alpha value is -2.71. The smallest absolute Gasteiger partial charge is 0.251 e. The van der Waals surface area contributed by atoms with Crippen LogP contribution in [0, 0.1) is 6.92 Å². The van der Waals surface area contributed by atoms with Crippen LogP contribution in [0.4, 0.5) is 0 Å². The third-order valence-electron chi connectivity index (χ3n) is 5.11. The van der Waals surface area contributed by atoms with Gasteiger partial charge >= 0.3 is 0 Å². The van der Waals surface area contributed by atoms with Gasteiger partial charge in [0.05, 0.1) is 24.8 Å². The fourth-order valence-electron chi connectivity index (χ4n) is 3.57. The number of hydrogen-bond acceptors (Lipinski definition) is 6. The minimum absolute atomic E-state index is 0.0220. The van der Waals surface area contributed by atoms with Gasteiger partial charge in [-0.2, -0.15) is 0 Å². The van der Waals surface area contributed by atoms with Gasteiger partial charge in [-0.15, -0.1) is 5.10 Å². The molecule has 1 N–H and O–H groups in total. The van der Waals surface area contributed by atoms with Gasteiger partial charge in [-0.05, 0) is 44.2 Å². The Kier molecular flexibility index (Phi) is 5.40. The monoisotopic (exact) mass is 383 g/mol. The summed E-state index contributed by atoms with van der Waals surface area (Å²) in [4.78, 5) is 15.0. The first-order chi connectivity index (χ1) is 13.7. The van der Waals surface area contributed by atoms with Crippen molar-refractivity contribution < 1.29 is 13.9 Å². The van der Waals surface area contributed by atoms with Gasteiger partial charge in [0.1, 0.15) is 17.0 Å². The van der Waals surface area contributed by atoms with Crippen LogP contribution in [-0.2, 0) is 11.3 Å². The molecule has 3 aromatic rings. The summed E-state index contributed by atoms with van der Waals surface area (Å²) in [6.07, 6.45) is 0. The Balaban J connectivity index is 1.49. The number of rotatable bonds is 6. The first-order valence-electron chi connectivity index (χ1n) is 9.65. The van der Waals surface area contributed by atoms with Crippen molar-refractivity contribution in [2.75, 3.05) is 32.8 Å². The van der Waals surface area contributed by atoms with Crippen LogP contribution in [0.1, 0.15) is 34.8 Å². The van der Waals surface area contributed by atoms with Crippen molar-refractivity contribution in [2.24, 2.45) is 0 Å². The number of ether oxygens (including phenoxy) is 1. The lowest BCUT2D eigenvalue weighted by Gasteiger charge is -2.33. The maximum absolute atomic E-state index is 12.7. The van der Waals surface area contributed by atoms with Crippen molar-refractivity contribution in [3.05, 3.63) is 47.4 Å². The highest BCUT2D eigenvalue weighted by atomic mass is 16.5. The largest absolute Gasteiger partial charge is 0.465 e. The zero-order valence-electron chi connectivity index (χ0n) is 16.2. The number of hydrogen-bond donors (Lipinski definition) is 1. The number of aromatic nitrogens is 3. The van der Waals surface area contributed by atoms with Crippen LogP contribution in [0.3, 0.4) is 0 Å². The lowest BCUT2D eigenvalue weighted by molar-refractivity contribution is 0.0117. The van der Waals surface area contributed by atoms with E-state index >= 15 is 0 Å². The van der Waals surface area contributed by atoms with Gasteiger partial charge in [0.2, 0.25) is 0 Å². The zero-order chi connectivity index (χ0) is 19.5. The third-order valence-corrected chi connectivity index (χ3v) is 5.11. The maximum Gasteiger partial charge on any atom is 0.251 e. The number of furan rings is 1. The Bertz CT molecular complexity index is 958. The van der Waals surface area contributed by atoms with Crippen LogP contribution in [-0.4, -0.2) is 58.6 Å². The zero-order valence-corrected chi connectivity index (χ0v) is 16.2. The van der Waals surface area contributed by atoms with Gasteiger partial charge in [-0.1, -0.05) is 5.21 Å². The van der Waals surface area contributed by atoms with E-state index in [1.54, 1.807) is 6.07 Å². The number of carbonyl (C=O) groups excluding carboxylic acids is 1. The topological polar surface area (TPSA) is 85.4 Å². The van der Waals surface area contributed by atoms with E-state index in [-0.39, 0.29) is 11.9 Å². The molecule has 28 heavy (non-hydrogen) atoms. The number of morpholine rings is 1. The number of fused-ring (bicyclic) bond motifs is 1. The summed E-state index contributed by atoms with van der Waals surface area (Å²) in [5.41, 5.74) is 2.23. The molecule has 8 nitrogen and oxygen atoms in total. The van der Waals surface area contributed by atoms with E-state index in [9.17, 15) is 4.79 Å². The summed E-state index contributed by atoms with van der Waals surface area (Å²) in [6.45, 7) is 8.14. The molecule has 0 radical (unpaired) electrons. The average Bonchev–Trinajstić information content (AvgIpc) is 3.34. The van der Waals surface area contributed by atoms with E-state index in [0.717, 1.165) is 42.2 Å². The second kappa shape index (κ2) is 8.12. The molecule has 2 aromatic heterocycles. The highest BCUT2D eigenvalue weighted by molar-refractivity contribution is 5.97. The lowest BCUT2D eigenvalue weighted by Crippen LogP contribution is -2.43. The van der Waals surface area contributed by atoms with E-state index in [4.69, 9.17) is 9.15 Å². The first-order valence-corrected chi connectivity index (χ1v) is 9.65. The second-order valence-electron chi connectivity index (χ2n) is 6.93. The molecule has 1 fully saturated rings.